The number of ether oxygens (including phenoxy) is 1. The van der Waals surface area contributed by atoms with Crippen molar-refractivity contribution < 1.29 is 13.9 Å². The van der Waals surface area contributed by atoms with Gasteiger partial charge in [0.1, 0.15) is 11.9 Å². The van der Waals surface area contributed by atoms with Crippen molar-refractivity contribution in [2.45, 2.75) is 12.6 Å². The number of nitrogens with zero attached hydrogens (tertiary/aromatic N) is 2. The molecule has 2 heterocycles. The number of hydrogen-bond donors (Lipinski definition) is 2. The van der Waals surface area contributed by atoms with Crippen LogP contribution in [-0.2, 0) is 11.3 Å². The third-order valence-corrected chi connectivity index (χ3v) is 3.58. The van der Waals surface area contributed by atoms with Gasteiger partial charge in [0.25, 0.3) is 0 Å². The number of H-pyrrole nitrogens is 1. The second-order valence-corrected chi connectivity index (χ2v) is 5.10. The third kappa shape index (κ3) is 3.43. The average molecular weight is 304 g/mol. The van der Waals surface area contributed by atoms with Crippen molar-refractivity contribution in [3.8, 4) is 0 Å². The van der Waals surface area contributed by atoms with Gasteiger partial charge < -0.3 is 15.0 Å². The van der Waals surface area contributed by atoms with Gasteiger partial charge in [-0.1, -0.05) is 12.1 Å². The second-order valence-electron chi connectivity index (χ2n) is 5.10. The Bertz CT molecular complexity index is 615. The summed E-state index contributed by atoms with van der Waals surface area (Å²) < 4.78 is 18.6. The molecule has 1 aliphatic heterocycles. The normalized spacial score (nSPS) is 18.2. The molecule has 1 atom stereocenters. The van der Waals surface area contributed by atoms with Gasteiger partial charge in [0.2, 0.25) is 0 Å². The summed E-state index contributed by atoms with van der Waals surface area (Å²) >= 11 is 0. The predicted octanol–water partition coefficient (Wildman–Crippen LogP) is 1.83. The minimum Gasteiger partial charge on any atom is -0.370 e. The SMILES string of the molecule is O=C(NCc1ccn[nH]1)N1CCO[C@H](c2ccc(F)cc2)C1. The van der Waals surface area contributed by atoms with Gasteiger partial charge in [-0.3, -0.25) is 5.10 Å². The lowest BCUT2D eigenvalue weighted by atomic mass is 10.1. The van der Waals surface area contributed by atoms with Crippen LogP contribution >= 0.6 is 0 Å². The lowest BCUT2D eigenvalue weighted by Crippen LogP contribution is -2.47. The number of nitrogens with one attached hydrogen (secondary N) is 2. The molecule has 22 heavy (non-hydrogen) atoms. The van der Waals surface area contributed by atoms with Gasteiger partial charge in [-0.15, -0.1) is 0 Å². The van der Waals surface area contributed by atoms with E-state index < -0.39 is 0 Å². The van der Waals surface area contributed by atoms with Gasteiger partial charge in [0.05, 0.1) is 25.4 Å². The summed E-state index contributed by atoms with van der Waals surface area (Å²) in [6.07, 6.45) is 1.41. The Hall–Kier alpha value is -2.41. The highest BCUT2D eigenvalue weighted by molar-refractivity contribution is 5.74. The Morgan fingerprint density at radius 2 is 2.23 bits per heavy atom. The highest BCUT2D eigenvalue weighted by Gasteiger charge is 2.25. The molecule has 0 unspecified atom stereocenters. The summed E-state index contributed by atoms with van der Waals surface area (Å²) in [5.41, 5.74) is 1.71. The summed E-state index contributed by atoms with van der Waals surface area (Å²) in [5, 5.41) is 9.46. The van der Waals surface area contributed by atoms with Crippen LogP contribution in [0.15, 0.2) is 36.5 Å². The molecule has 2 amide bonds. The van der Waals surface area contributed by atoms with Crippen molar-refractivity contribution in [3.05, 3.63) is 53.6 Å². The Morgan fingerprint density at radius 3 is 2.95 bits per heavy atom. The quantitative estimate of drug-likeness (QED) is 0.909. The smallest absolute Gasteiger partial charge is 0.317 e. The number of amides is 2. The molecule has 0 bridgehead atoms. The molecule has 1 fully saturated rings. The zero-order valence-electron chi connectivity index (χ0n) is 12.0. The molecule has 1 aliphatic rings. The number of carbonyl (C=O) groups excluding carboxylic acids is 1. The van der Waals surface area contributed by atoms with Crippen LogP contribution in [0, 0.1) is 5.82 Å². The van der Waals surface area contributed by atoms with Crippen molar-refractivity contribution in [2.24, 2.45) is 0 Å². The number of aromatic nitrogens is 2. The molecule has 1 aromatic heterocycles. The van der Waals surface area contributed by atoms with E-state index in [-0.39, 0.29) is 18.0 Å². The van der Waals surface area contributed by atoms with Gasteiger partial charge in [-0.25, -0.2) is 9.18 Å². The summed E-state index contributed by atoms with van der Waals surface area (Å²) in [7, 11) is 0. The van der Waals surface area contributed by atoms with Gasteiger partial charge in [0.15, 0.2) is 0 Å². The first kappa shape index (κ1) is 14.5. The number of urea groups is 1. The van der Waals surface area contributed by atoms with E-state index in [4.69, 9.17) is 4.74 Å². The van der Waals surface area contributed by atoms with Crippen molar-refractivity contribution >= 4 is 6.03 Å². The Morgan fingerprint density at radius 1 is 1.41 bits per heavy atom. The van der Waals surface area contributed by atoms with Crippen molar-refractivity contribution in [3.63, 3.8) is 0 Å². The number of benzene rings is 1. The third-order valence-electron chi connectivity index (χ3n) is 3.58. The zero-order chi connectivity index (χ0) is 15.4. The fourth-order valence-corrected chi connectivity index (χ4v) is 2.38. The molecule has 0 radical (unpaired) electrons. The minimum absolute atomic E-state index is 0.148. The first-order chi connectivity index (χ1) is 10.7. The highest BCUT2D eigenvalue weighted by Crippen LogP contribution is 2.22. The summed E-state index contributed by atoms with van der Waals surface area (Å²) in [6.45, 7) is 1.84. The van der Waals surface area contributed by atoms with Gasteiger partial charge >= 0.3 is 6.03 Å². The lowest BCUT2D eigenvalue weighted by Gasteiger charge is -2.33. The van der Waals surface area contributed by atoms with E-state index in [0.717, 1.165) is 11.3 Å². The van der Waals surface area contributed by atoms with Gasteiger partial charge in [-0.05, 0) is 23.8 Å². The number of hydrogen-bond acceptors (Lipinski definition) is 3. The average Bonchev–Trinajstić information content (AvgIpc) is 3.07. The molecule has 2 N–H and O–H groups in total. The zero-order valence-corrected chi connectivity index (χ0v) is 12.0. The predicted molar refractivity (Wildman–Crippen MR) is 77.5 cm³/mol. The molecule has 7 heteroatoms. The Balaban J connectivity index is 1.57. The van der Waals surface area contributed by atoms with Crippen LogP contribution in [0.25, 0.3) is 0 Å². The topological polar surface area (TPSA) is 70.2 Å². The van der Waals surface area contributed by atoms with Gasteiger partial charge in [-0.2, -0.15) is 5.10 Å². The van der Waals surface area contributed by atoms with Crippen LogP contribution < -0.4 is 5.32 Å². The van der Waals surface area contributed by atoms with Crippen molar-refractivity contribution in [1.29, 1.82) is 0 Å². The van der Waals surface area contributed by atoms with E-state index in [9.17, 15) is 9.18 Å². The number of aromatic amines is 1. The van der Waals surface area contributed by atoms with Crippen LogP contribution in [0.3, 0.4) is 0 Å². The standard InChI is InChI=1S/C15H17FN4O2/c16-12-3-1-11(2-4-12)14-10-20(7-8-22-14)15(21)17-9-13-5-6-18-19-13/h1-6,14H,7-10H2,(H,17,21)(H,18,19)/t14-/m0/s1. The summed E-state index contributed by atoms with van der Waals surface area (Å²) in [4.78, 5) is 13.9. The van der Waals surface area contributed by atoms with Crippen LogP contribution in [0.2, 0.25) is 0 Å². The number of morpholine rings is 1. The molecule has 0 aliphatic carbocycles. The molecular weight excluding hydrogens is 287 g/mol. The van der Waals surface area contributed by atoms with E-state index in [1.54, 1.807) is 29.3 Å². The molecular formula is C15H17FN4O2. The Labute approximate surface area is 127 Å². The molecule has 2 aromatic rings. The van der Waals surface area contributed by atoms with Crippen LogP contribution in [0.1, 0.15) is 17.4 Å². The fraction of sp³-hybridized carbons (Fsp3) is 0.333. The number of rotatable bonds is 3. The molecule has 0 spiro atoms. The van der Waals surface area contributed by atoms with Crippen LogP contribution in [-0.4, -0.2) is 40.8 Å². The maximum absolute atomic E-state index is 13.0. The lowest BCUT2D eigenvalue weighted by molar-refractivity contribution is -0.0155. The summed E-state index contributed by atoms with van der Waals surface area (Å²) in [5.74, 6) is -0.284. The van der Waals surface area contributed by atoms with Crippen LogP contribution in [0.5, 0.6) is 0 Å². The Kier molecular flexibility index (Phi) is 4.34. The summed E-state index contributed by atoms with van der Waals surface area (Å²) in [6, 6.07) is 7.83. The van der Waals surface area contributed by atoms with E-state index in [2.05, 4.69) is 15.5 Å². The van der Waals surface area contributed by atoms with Gasteiger partial charge in [0, 0.05) is 12.7 Å². The van der Waals surface area contributed by atoms with E-state index in [1.807, 2.05) is 0 Å². The van der Waals surface area contributed by atoms with Crippen molar-refractivity contribution in [1.82, 2.24) is 20.4 Å². The molecule has 1 aromatic carbocycles. The molecule has 0 saturated carbocycles. The largest absolute Gasteiger partial charge is 0.370 e. The van der Waals surface area contributed by atoms with E-state index in [0.29, 0.717) is 26.2 Å². The monoisotopic (exact) mass is 304 g/mol. The molecule has 1 saturated heterocycles. The van der Waals surface area contributed by atoms with Crippen molar-refractivity contribution in [2.75, 3.05) is 19.7 Å². The highest BCUT2D eigenvalue weighted by atomic mass is 19.1. The molecule has 116 valence electrons. The first-order valence-corrected chi connectivity index (χ1v) is 7.10. The fourth-order valence-electron chi connectivity index (χ4n) is 2.38. The maximum Gasteiger partial charge on any atom is 0.317 e. The minimum atomic E-state index is -0.284. The van der Waals surface area contributed by atoms with Crippen LogP contribution in [0.4, 0.5) is 9.18 Å². The van der Waals surface area contributed by atoms with E-state index in [1.165, 1.54) is 12.1 Å². The molecule has 6 nitrogen and oxygen atoms in total. The second kappa shape index (κ2) is 6.57. The number of carbonyl (C=O) groups is 1. The first-order valence-electron chi connectivity index (χ1n) is 7.10. The molecule has 3 rings (SSSR count). The number of halogens is 1. The van der Waals surface area contributed by atoms with E-state index >= 15 is 0 Å². The maximum atomic E-state index is 13.0.